The lowest BCUT2D eigenvalue weighted by atomic mass is 9.90. The molecule has 0 saturated heterocycles. The molecule has 132 valence electrons. The van der Waals surface area contributed by atoms with Crippen LogP contribution in [0.15, 0.2) is 41.2 Å². The lowest BCUT2D eigenvalue weighted by Crippen LogP contribution is -2.19. The van der Waals surface area contributed by atoms with E-state index in [1.54, 1.807) is 12.1 Å². The summed E-state index contributed by atoms with van der Waals surface area (Å²) in [6.45, 7) is 0. The molecule has 0 unspecified atom stereocenters. The van der Waals surface area contributed by atoms with E-state index in [4.69, 9.17) is 0 Å². The zero-order valence-corrected chi connectivity index (χ0v) is 13.9. The summed E-state index contributed by atoms with van der Waals surface area (Å²) < 4.78 is 27.5. The molecule has 4 rings (SSSR count). The summed E-state index contributed by atoms with van der Waals surface area (Å²) in [5, 5.41) is 3.43. The number of benzene rings is 2. The molecule has 3 aromatic rings. The van der Waals surface area contributed by atoms with Gasteiger partial charge in [-0.05, 0) is 55.5 Å². The number of carbonyl (C=O) groups excluding carboxylic acids is 1. The van der Waals surface area contributed by atoms with E-state index >= 15 is 0 Å². The first kappa shape index (κ1) is 16.4. The number of anilines is 1. The van der Waals surface area contributed by atoms with Gasteiger partial charge in [0.15, 0.2) is 0 Å². The highest BCUT2D eigenvalue weighted by atomic mass is 19.1. The fraction of sp³-hybridized carbons (Fsp3) is 0.200. The van der Waals surface area contributed by atoms with Crippen LogP contribution in [-0.4, -0.2) is 10.9 Å². The molecule has 1 amide bonds. The summed E-state index contributed by atoms with van der Waals surface area (Å²) in [6.07, 6.45) is 3.66. The van der Waals surface area contributed by atoms with Gasteiger partial charge in [-0.3, -0.25) is 9.59 Å². The molecule has 4 nitrogen and oxygen atoms in total. The second-order valence-electron chi connectivity index (χ2n) is 6.43. The molecule has 0 spiro atoms. The van der Waals surface area contributed by atoms with Crippen molar-refractivity contribution in [3.8, 4) is 0 Å². The molecule has 1 aliphatic rings. The summed E-state index contributed by atoms with van der Waals surface area (Å²) in [6, 6.07) is 8.37. The average Bonchev–Trinajstić information content (AvgIpc) is 2.61. The van der Waals surface area contributed by atoms with Crippen LogP contribution in [-0.2, 0) is 12.8 Å². The Morgan fingerprint density at radius 3 is 2.42 bits per heavy atom. The number of aromatic nitrogens is 1. The van der Waals surface area contributed by atoms with E-state index in [1.165, 1.54) is 6.07 Å². The number of halogens is 2. The third kappa shape index (κ3) is 2.77. The van der Waals surface area contributed by atoms with Crippen LogP contribution < -0.4 is 10.9 Å². The van der Waals surface area contributed by atoms with Gasteiger partial charge in [-0.1, -0.05) is 12.1 Å². The smallest absolute Gasteiger partial charge is 0.261 e. The SMILES string of the molecule is O=C(Nc1ccc2c3c(c(=O)[nH]c2c1)CCCC3)c1c(F)cccc1F. The highest BCUT2D eigenvalue weighted by Gasteiger charge is 2.19. The molecular weight excluding hydrogens is 338 g/mol. The quantitative estimate of drug-likeness (QED) is 0.732. The monoisotopic (exact) mass is 354 g/mol. The van der Waals surface area contributed by atoms with Crippen molar-refractivity contribution in [1.82, 2.24) is 4.98 Å². The average molecular weight is 354 g/mol. The standard InChI is InChI=1S/C20H16F2N2O2/c21-15-6-3-7-16(22)18(15)20(26)23-11-8-9-13-12-4-1-2-5-14(12)19(25)24-17(13)10-11/h3,6-10H,1-2,4-5H2,(H,23,26)(H,24,25). The molecule has 0 atom stereocenters. The highest BCUT2D eigenvalue weighted by Crippen LogP contribution is 2.27. The first-order chi connectivity index (χ1) is 12.5. The first-order valence-electron chi connectivity index (χ1n) is 8.48. The Labute approximate surface area is 147 Å². The van der Waals surface area contributed by atoms with Crippen LogP contribution in [0.3, 0.4) is 0 Å². The molecule has 0 bridgehead atoms. The molecule has 0 radical (unpaired) electrons. The minimum atomic E-state index is -0.925. The highest BCUT2D eigenvalue weighted by molar-refractivity contribution is 6.05. The first-order valence-corrected chi connectivity index (χ1v) is 8.48. The number of nitrogens with one attached hydrogen (secondary N) is 2. The van der Waals surface area contributed by atoms with Crippen molar-refractivity contribution in [2.24, 2.45) is 0 Å². The van der Waals surface area contributed by atoms with Crippen LogP contribution in [0.25, 0.3) is 10.9 Å². The molecule has 0 saturated carbocycles. The molecule has 0 fully saturated rings. The zero-order chi connectivity index (χ0) is 18.3. The predicted molar refractivity (Wildman–Crippen MR) is 95.5 cm³/mol. The van der Waals surface area contributed by atoms with E-state index in [1.807, 2.05) is 6.07 Å². The van der Waals surface area contributed by atoms with Gasteiger partial charge in [-0.15, -0.1) is 0 Å². The van der Waals surface area contributed by atoms with E-state index in [0.29, 0.717) is 11.2 Å². The summed E-state index contributed by atoms with van der Waals surface area (Å²) in [4.78, 5) is 27.3. The van der Waals surface area contributed by atoms with E-state index < -0.39 is 23.1 Å². The maximum absolute atomic E-state index is 13.7. The summed E-state index contributed by atoms with van der Waals surface area (Å²) in [5.41, 5.74) is 2.09. The van der Waals surface area contributed by atoms with Gasteiger partial charge in [0.2, 0.25) is 0 Å². The Bertz CT molecular complexity index is 1070. The number of H-pyrrole nitrogens is 1. The predicted octanol–water partition coefficient (Wildman–Crippen LogP) is 3.94. The van der Waals surface area contributed by atoms with Gasteiger partial charge < -0.3 is 10.3 Å². The Morgan fingerprint density at radius 1 is 1.00 bits per heavy atom. The number of hydrogen-bond acceptors (Lipinski definition) is 2. The summed E-state index contributed by atoms with van der Waals surface area (Å²) in [7, 11) is 0. The van der Waals surface area contributed by atoms with Gasteiger partial charge in [0, 0.05) is 16.6 Å². The summed E-state index contributed by atoms with van der Waals surface area (Å²) >= 11 is 0. The normalized spacial score (nSPS) is 13.5. The van der Waals surface area contributed by atoms with Gasteiger partial charge in [0.05, 0.1) is 5.52 Å². The Kier molecular flexibility index (Phi) is 4.03. The Morgan fingerprint density at radius 2 is 1.69 bits per heavy atom. The van der Waals surface area contributed by atoms with Crippen LogP contribution in [0.4, 0.5) is 14.5 Å². The molecule has 6 heteroatoms. The lowest BCUT2D eigenvalue weighted by molar-refractivity contribution is 0.101. The van der Waals surface area contributed by atoms with Crippen LogP contribution in [0.1, 0.15) is 34.3 Å². The lowest BCUT2D eigenvalue weighted by Gasteiger charge is -2.17. The largest absolute Gasteiger partial charge is 0.322 e. The third-order valence-electron chi connectivity index (χ3n) is 4.78. The fourth-order valence-electron chi connectivity index (χ4n) is 3.55. The second-order valence-corrected chi connectivity index (χ2v) is 6.43. The maximum atomic E-state index is 13.7. The Balaban J connectivity index is 1.72. The number of amides is 1. The van der Waals surface area contributed by atoms with Gasteiger partial charge in [-0.25, -0.2) is 8.78 Å². The third-order valence-corrected chi connectivity index (χ3v) is 4.78. The van der Waals surface area contributed by atoms with Gasteiger partial charge in [0.25, 0.3) is 11.5 Å². The van der Waals surface area contributed by atoms with E-state index in [-0.39, 0.29) is 5.56 Å². The number of fused-ring (bicyclic) bond motifs is 3. The number of carbonyl (C=O) groups is 1. The van der Waals surface area contributed by atoms with E-state index in [2.05, 4.69) is 10.3 Å². The van der Waals surface area contributed by atoms with Crippen molar-refractivity contribution >= 4 is 22.5 Å². The molecular formula is C20H16F2N2O2. The number of aromatic amines is 1. The number of rotatable bonds is 2. The molecule has 1 heterocycles. The number of hydrogen-bond donors (Lipinski definition) is 2. The molecule has 2 aromatic carbocycles. The zero-order valence-electron chi connectivity index (χ0n) is 13.9. The molecule has 1 aliphatic carbocycles. The fourth-order valence-corrected chi connectivity index (χ4v) is 3.55. The minimum absolute atomic E-state index is 0.115. The van der Waals surface area contributed by atoms with Crippen molar-refractivity contribution in [3.63, 3.8) is 0 Å². The van der Waals surface area contributed by atoms with Crippen LogP contribution >= 0.6 is 0 Å². The van der Waals surface area contributed by atoms with Gasteiger partial charge in [0.1, 0.15) is 17.2 Å². The van der Waals surface area contributed by atoms with Crippen LogP contribution in [0.2, 0.25) is 0 Å². The Hall–Kier alpha value is -3.02. The van der Waals surface area contributed by atoms with E-state index in [0.717, 1.165) is 54.3 Å². The maximum Gasteiger partial charge on any atom is 0.261 e. The molecule has 1 aromatic heterocycles. The van der Waals surface area contributed by atoms with Crippen molar-refractivity contribution in [2.45, 2.75) is 25.7 Å². The second kappa shape index (κ2) is 6.37. The van der Waals surface area contributed by atoms with Crippen LogP contribution in [0, 0.1) is 11.6 Å². The molecule has 2 N–H and O–H groups in total. The van der Waals surface area contributed by atoms with Crippen LogP contribution in [0.5, 0.6) is 0 Å². The van der Waals surface area contributed by atoms with Gasteiger partial charge >= 0.3 is 0 Å². The van der Waals surface area contributed by atoms with Crippen molar-refractivity contribution in [3.05, 3.63) is 75.1 Å². The number of aryl methyl sites for hydroxylation is 1. The van der Waals surface area contributed by atoms with Crippen molar-refractivity contribution < 1.29 is 13.6 Å². The van der Waals surface area contributed by atoms with Crippen molar-refractivity contribution in [1.29, 1.82) is 0 Å². The summed E-state index contributed by atoms with van der Waals surface area (Å²) in [5.74, 6) is -2.73. The minimum Gasteiger partial charge on any atom is -0.322 e. The van der Waals surface area contributed by atoms with Gasteiger partial charge in [-0.2, -0.15) is 0 Å². The van der Waals surface area contributed by atoms with E-state index in [9.17, 15) is 18.4 Å². The van der Waals surface area contributed by atoms with Crippen molar-refractivity contribution in [2.75, 3.05) is 5.32 Å². The molecule has 26 heavy (non-hydrogen) atoms. The topological polar surface area (TPSA) is 62.0 Å². The number of pyridine rings is 1. The molecule has 0 aliphatic heterocycles.